The van der Waals surface area contributed by atoms with Crippen molar-refractivity contribution in [2.75, 3.05) is 12.4 Å². The Hall–Kier alpha value is -2.44. The lowest BCUT2D eigenvalue weighted by molar-refractivity contribution is 0.208. The molecule has 0 fully saturated rings. The predicted octanol–water partition coefficient (Wildman–Crippen LogP) is 6.52. The summed E-state index contributed by atoms with van der Waals surface area (Å²) < 4.78 is 21.0. The van der Waals surface area contributed by atoms with E-state index in [1.807, 2.05) is 39.1 Å². The van der Waals surface area contributed by atoms with Crippen molar-refractivity contribution < 1.29 is 9.13 Å². The van der Waals surface area contributed by atoms with Crippen molar-refractivity contribution in [2.45, 2.75) is 26.4 Å². The number of fused-ring (bicyclic) bond motifs is 2. The third-order valence-electron chi connectivity index (χ3n) is 4.61. The zero-order valence-corrected chi connectivity index (χ0v) is 17.3. The number of pyridine rings is 1. The predicted molar refractivity (Wildman–Crippen MR) is 115 cm³/mol. The van der Waals surface area contributed by atoms with Crippen LogP contribution in [0.25, 0.3) is 31.7 Å². The topological polar surface area (TPSA) is 47.0 Å². The van der Waals surface area contributed by atoms with Gasteiger partial charge in [-0.1, -0.05) is 18.5 Å². The van der Waals surface area contributed by atoms with Crippen LogP contribution in [0.5, 0.6) is 5.75 Å². The monoisotopic (exact) mass is 415 g/mol. The number of thiazole rings is 1. The Bertz CT molecular complexity index is 1180. The minimum Gasteiger partial charge on any atom is -0.488 e. The molecule has 0 bridgehead atoms. The van der Waals surface area contributed by atoms with E-state index in [9.17, 15) is 4.39 Å². The van der Waals surface area contributed by atoms with Crippen LogP contribution < -0.4 is 10.1 Å². The van der Waals surface area contributed by atoms with Crippen LogP contribution in [0.3, 0.4) is 0 Å². The number of hydrogen-bond donors (Lipinski definition) is 1. The van der Waals surface area contributed by atoms with Gasteiger partial charge in [0.1, 0.15) is 5.01 Å². The molecule has 4 aromatic rings. The maximum Gasteiger partial charge on any atom is 0.167 e. The fraction of sp³-hybridized carbons (Fsp3) is 0.238. The molecule has 1 N–H and O–H groups in total. The number of hydrogen-bond acceptors (Lipinski definition) is 5. The first-order chi connectivity index (χ1) is 13.5. The van der Waals surface area contributed by atoms with E-state index in [1.165, 1.54) is 17.4 Å². The fourth-order valence-electron chi connectivity index (χ4n) is 2.95. The van der Waals surface area contributed by atoms with Gasteiger partial charge in [0.15, 0.2) is 11.6 Å². The molecule has 2 heterocycles. The third-order valence-corrected chi connectivity index (χ3v) is 5.88. The molecular formula is C21H19ClFN3OS. The molecule has 4 rings (SSSR count). The van der Waals surface area contributed by atoms with Crippen molar-refractivity contribution in [1.82, 2.24) is 9.97 Å². The van der Waals surface area contributed by atoms with Gasteiger partial charge < -0.3 is 10.1 Å². The van der Waals surface area contributed by atoms with Crippen molar-refractivity contribution in [3.05, 3.63) is 47.4 Å². The second-order valence-corrected chi connectivity index (χ2v) is 8.07. The number of benzene rings is 2. The summed E-state index contributed by atoms with van der Waals surface area (Å²) in [6.07, 6.45) is 2.52. The van der Waals surface area contributed by atoms with Gasteiger partial charge >= 0.3 is 0 Å². The Kier molecular flexibility index (Phi) is 5.08. The largest absolute Gasteiger partial charge is 0.488 e. The first kappa shape index (κ1) is 18.9. The normalized spacial score (nSPS) is 12.5. The van der Waals surface area contributed by atoms with Crippen LogP contribution >= 0.6 is 22.9 Å². The van der Waals surface area contributed by atoms with E-state index >= 15 is 0 Å². The molecule has 0 aliphatic rings. The summed E-state index contributed by atoms with van der Waals surface area (Å²) in [7, 11) is 1.84. The fourth-order valence-corrected chi connectivity index (χ4v) is 4.17. The highest BCUT2D eigenvalue weighted by Gasteiger charge is 2.16. The van der Waals surface area contributed by atoms with Gasteiger partial charge in [0, 0.05) is 35.2 Å². The van der Waals surface area contributed by atoms with Crippen molar-refractivity contribution in [1.29, 1.82) is 0 Å². The summed E-state index contributed by atoms with van der Waals surface area (Å²) in [5.74, 6) is -0.151. The van der Waals surface area contributed by atoms with E-state index in [2.05, 4.69) is 15.3 Å². The van der Waals surface area contributed by atoms with Gasteiger partial charge in [-0.05, 0) is 31.5 Å². The number of anilines is 1. The zero-order chi connectivity index (χ0) is 19.8. The molecule has 4 nitrogen and oxygen atoms in total. The molecule has 7 heteroatoms. The quantitative estimate of drug-likeness (QED) is 0.403. The lowest BCUT2D eigenvalue weighted by Crippen LogP contribution is -2.10. The lowest BCUT2D eigenvalue weighted by atomic mass is 10.1. The maximum absolute atomic E-state index is 14.4. The Balaban J connectivity index is 1.85. The second kappa shape index (κ2) is 7.53. The number of ether oxygens (including phenoxy) is 1. The van der Waals surface area contributed by atoms with Crippen molar-refractivity contribution in [3.8, 4) is 16.3 Å². The van der Waals surface area contributed by atoms with E-state index in [4.69, 9.17) is 16.3 Å². The Morgan fingerprint density at radius 2 is 2.07 bits per heavy atom. The van der Waals surface area contributed by atoms with Gasteiger partial charge in [-0.25, -0.2) is 9.37 Å². The molecule has 2 aromatic heterocycles. The summed E-state index contributed by atoms with van der Waals surface area (Å²) in [5, 5.41) is 5.34. The van der Waals surface area contributed by atoms with E-state index in [-0.39, 0.29) is 11.9 Å². The van der Waals surface area contributed by atoms with E-state index in [0.29, 0.717) is 10.5 Å². The van der Waals surface area contributed by atoms with Crippen LogP contribution in [-0.4, -0.2) is 23.1 Å². The summed E-state index contributed by atoms with van der Waals surface area (Å²) in [4.78, 5) is 9.20. The second-order valence-electron chi connectivity index (χ2n) is 6.61. The van der Waals surface area contributed by atoms with E-state index in [1.54, 1.807) is 12.3 Å². The van der Waals surface area contributed by atoms with Crippen LogP contribution in [0.15, 0.2) is 36.5 Å². The molecule has 1 atom stereocenters. The molecule has 0 amide bonds. The Morgan fingerprint density at radius 1 is 1.25 bits per heavy atom. The lowest BCUT2D eigenvalue weighted by Gasteiger charge is -2.12. The van der Waals surface area contributed by atoms with E-state index < -0.39 is 5.82 Å². The zero-order valence-electron chi connectivity index (χ0n) is 15.7. The highest BCUT2D eigenvalue weighted by molar-refractivity contribution is 7.21. The standard InChI is InChI=1S/C21H19ClFN3OS/c1-4-11(2)27-18-9-19-17(8-16(18)23)26-21(28-19)15-7-13(22)5-12-6-14(24-3)10-25-20(12)15/h5-11,24H,4H2,1-3H3/t11-/m0/s1. The maximum atomic E-state index is 14.4. The molecule has 28 heavy (non-hydrogen) atoms. The molecule has 0 saturated carbocycles. The van der Waals surface area contributed by atoms with Crippen LogP contribution in [0.2, 0.25) is 5.02 Å². The molecule has 0 spiro atoms. The van der Waals surface area contributed by atoms with Gasteiger partial charge in [-0.15, -0.1) is 11.3 Å². The minimum absolute atomic E-state index is 0.0539. The summed E-state index contributed by atoms with van der Waals surface area (Å²) in [6, 6.07) is 8.85. The summed E-state index contributed by atoms with van der Waals surface area (Å²) in [5.41, 5.74) is 3.13. The van der Waals surface area contributed by atoms with Gasteiger partial charge in [-0.2, -0.15) is 0 Å². The first-order valence-corrected chi connectivity index (χ1v) is 10.2. The van der Waals surface area contributed by atoms with Crippen LogP contribution in [0.4, 0.5) is 10.1 Å². The average molecular weight is 416 g/mol. The summed E-state index contributed by atoms with van der Waals surface area (Å²) >= 11 is 7.81. The smallest absolute Gasteiger partial charge is 0.167 e. The SMILES string of the molecule is CC[C@H](C)Oc1cc2sc(-c3cc(Cl)cc4cc(NC)cnc34)nc2cc1F. The Morgan fingerprint density at radius 3 is 2.82 bits per heavy atom. The number of halogens is 2. The van der Waals surface area contributed by atoms with Crippen LogP contribution in [0, 0.1) is 5.82 Å². The van der Waals surface area contributed by atoms with Gasteiger partial charge in [0.2, 0.25) is 0 Å². The van der Waals surface area contributed by atoms with E-state index in [0.717, 1.165) is 38.3 Å². The number of nitrogens with one attached hydrogen (secondary N) is 1. The highest BCUT2D eigenvalue weighted by Crippen LogP contribution is 2.38. The first-order valence-electron chi connectivity index (χ1n) is 9.02. The van der Waals surface area contributed by atoms with Crippen LogP contribution in [0.1, 0.15) is 20.3 Å². The molecular weight excluding hydrogens is 397 g/mol. The molecule has 0 unspecified atom stereocenters. The van der Waals surface area contributed by atoms with Gasteiger partial charge in [0.25, 0.3) is 0 Å². The molecule has 0 radical (unpaired) electrons. The van der Waals surface area contributed by atoms with Gasteiger partial charge in [0.05, 0.1) is 33.7 Å². The molecule has 0 aliphatic heterocycles. The van der Waals surface area contributed by atoms with Gasteiger partial charge in [-0.3, -0.25) is 4.98 Å². The molecule has 0 aliphatic carbocycles. The number of nitrogens with zero attached hydrogens (tertiary/aromatic N) is 2. The average Bonchev–Trinajstić information content (AvgIpc) is 3.09. The van der Waals surface area contributed by atoms with Crippen molar-refractivity contribution in [3.63, 3.8) is 0 Å². The van der Waals surface area contributed by atoms with Crippen molar-refractivity contribution in [2.24, 2.45) is 0 Å². The van der Waals surface area contributed by atoms with Crippen LogP contribution in [-0.2, 0) is 0 Å². The van der Waals surface area contributed by atoms with Crippen molar-refractivity contribution >= 4 is 49.7 Å². The number of rotatable bonds is 5. The molecule has 2 aromatic carbocycles. The minimum atomic E-state index is -0.405. The Labute approximate surface area is 171 Å². The molecule has 0 saturated heterocycles. The highest BCUT2D eigenvalue weighted by atomic mass is 35.5. The summed E-state index contributed by atoms with van der Waals surface area (Å²) in [6.45, 7) is 3.92. The molecule has 144 valence electrons. The third kappa shape index (κ3) is 3.50. The number of aromatic nitrogens is 2.